The molecule has 3 nitrogen and oxygen atoms in total. The Bertz CT molecular complexity index is 393. The molecule has 1 aromatic carbocycles. The van der Waals surface area contributed by atoms with Gasteiger partial charge in [-0.1, -0.05) is 13.0 Å². The van der Waals surface area contributed by atoms with Crippen LogP contribution in [0.5, 0.6) is 0 Å². The van der Waals surface area contributed by atoms with E-state index in [0.29, 0.717) is 12.2 Å². The molecule has 0 heterocycles. The number of carbonyl (C=O) groups is 1. The summed E-state index contributed by atoms with van der Waals surface area (Å²) >= 11 is 3.41. The van der Waals surface area contributed by atoms with Crippen LogP contribution in [0.25, 0.3) is 0 Å². The molecule has 0 bridgehead atoms. The van der Waals surface area contributed by atoms with Crippen LogP contribution in [0.3, 0.4) is 0 Å². The number of nitrogens with one attached hydrogen (secondary N) is 1. The van der Waals surface area contributed by atoms with Crippen LogP contribution in [0.15, 0.2) is 22.7 Å². The first-order valence-corrected chi connectivity index (χ1v) is 6.43. The topological polar surface area (TPSA) is 38.3 Å². The molecule has 1 unspecified atom stereocenters. The monoisotopic (exact) mass is 299 g/mol. The van der Waals surface area contributed by atoms with E-state index < -0.39 is 0 Å². The highest BCUT2D eigenvalue weighted by molar-refractivity contribution is 9.10. The zero-order valence-electron chi connectivity index (χ0n) is 10.4. The minimum Gasteiger partial charge on any atom is -0.383 e. The molecule has 0 spiro atoms. The van der Waals surface area contributed by atoms with Gasteiger partial charge in [0.25, 0.3) is 5.91 Å². The molecule has 0 aliphatic heterocycles. The molecule has 0 aliphatic carbocycles. The Hall–Kier alpha value is -0.870. The highest BCUT2D eigenvalue weighted by atomic mass is 79.9. The van der Waals surface area contributed by atoms with Crippen molar-refractivity contribution in [2.24, 2.45) is 0 Å². The number of aryl methyl sites for hydroxylation is 1. The summed E-state index contributed by atoms with van der Waals surface area (Å²) in [5.74, 6) is -0.0687. The van der Waals surface area contributed by atoms with Crippen LogP contribution in [0, 0.1) is 6.92 Å². The molecule has 1 atom stereocenters. The molecule has 94 valence electrons. The van der Waals surface area contributed by atoms with Crippen molar-refractivity contribution in [2.45, 2.75) is 26.3 Å². The van der Waals surface area contributed by atoms with E-state index in [0.717, 1.165) is 16.5 Å². The van der Waals surface area contributed by atoms with Crippen LogP contribution < -0.4 is 5.32 Å². The number of ether oxygens (including phenoxy) is 1. The van der Waals surface area contributed by atoms with Crippen LogP contribution in [0.2, 0.25) is 0 Å². The number of hydrogen-bond acceptors (Lipinski definition) is 2. The van der Waals surface area contributed by atoms with E-state index in [-0.39, 0.29) is 11.9 Å². The van der Waals surface area contributed by atoms with E-state index in [1.54, 1.807) is 7.11 Å². The molecule has 4 heteroatoms. The zero-order valence-corrected chi connectivity index (χ0v) is 12.0. The van der Waals surface area contributed by atoms with Crippen molar-refractivity contribution in [1.29, 1.82) is 0 Å². The molecule has 1 amide bonds. The van der Waals surface area contributed by atoms with Crippen molar-refractivity contribution >= 4 is 21.8 Å². The number of carbonyl (C=O) groups excluding carboxylic acids is 1. The first-order valence-electron chi connectivity index (χ1n) is 5.64. The molecule has 1 aromatic rings. The van der Waals surface area contributed by atoms with Crippen molar-refractivity contribution in [3.8, 4) is 0 Å². The van der Waals surface area contributed by atoms with Crippen molar-refractivity contribution in [2.75, 3.05) is 13.7 Å². The lowest BCUT2D eigenvalue weighted by Crippen LogP contribution is -2.37. The summed E-state index contributed by atoms with van der Waals surface area (Å²) in [7, 11) is 1.64. The fourth-order valence-corrected chi connectivity index (χ4v) is 2.20. The minimum absolute atomic E-state index is 0.0562. The summed E-state index contributed by atoms with van der Waals surface area (Å²) in [5.41, 5.74) is 1.78. The van der Waals surface area contributed by atoms with Gasteiger partial charge in [0.15, 0.2) is 0 Å². The maximum atomic E-state index is 12.0. The van der Waals surface area contributed by atoms with Gasteiger partial charge in [-0.25, -0.2) is 0 Å². The van der Waals surface area contributed by atoms with Crippen LogP contribution in [-0.4, -0.2) is 25.7 Å². The fourth-order valence-electron chi connectivity index (χ4n) is 1.53. The molecular formula is C13H18BrNO2. The summed E-state index contributed by atoms with van der Waals surface area (Å²) in [6.07, 6.45) is 0.850. The van der Waals surface area contributed by atoms with E-state index in [1.807, 2.05) is 32.0 Å². The number of methoxy groups -OCH3 is 1. The second-order valence-corrected chi connectivity index (χ2v) is 4.87. The Kier molecular flexibility index (Phi) is 5.65. The Morgan fingerprint density at radius 3 is 2.76 bits per heavy atom. The standard InChI is InChI=1S/C13H18BrNO2/c1-4-10(8-17-3)15-13(16)11-6-5-9(2)7-12(11)14/h5-7,10H,4,8H2,1-3H3,(H,15,16). The van der Waals surface area contributed by atoms with Gasteiger partial charge in [0.2, 0.25) is 0 Å². The van der Waals surface area contributed by atoms with Gasteiger partial charge in [0.1, 0.15) is 0 Å². The van der Waals surface area contributed by atoms with E-state index in [2.05, 4.69) is 21.2 Å². The molecule has 17 heavy (non-hydrogen) atoms. The molecule has 0 aliphatic rings. The first-order chi connectivity index (χ1) is 8.08. The summed E-state index contributed by atoms with van der Waals surface area (Å²) in [6, 6.07) is 5.75. The minimum atomic E-state index is -0.0687. The zero-order chi connectivity index (χ0) is 12.8. The van der Waals surface area contributed by atoms with E-state index in [9.17, 15) is 4.79 Å². The van der Waals surface area contributed by atoms with Crippen LogP contribution >= 0.6 is 15.9 Å². The fraction of sp³-hybridized carbons (Fsp3) is 0.462. The number of hydrogen-bond donors (Lipinski definition) is 1. The summed E-state index contributed by atoms with van der Waals surface area (Å²) in [4.78, 5) is 12.0. The maximum Gasteiger partial charge on any atom is 0.252 e. The molecule has 0 aromatic heterocycles. The summed E-state index contributed by atoms with van der Waals surface area (Å²) in [6.45, 7) is 4.55. The van der Waals surface area contributed by atoms with E-state index in [4.69, 9.17) is 4.74 Å². The SMILES string of the molecule is CCC(COC)NC(=O)c1ccc(C)cc1Br. The Morgan fingerprint density at radius 2 is 2.24 bits per heavy atom. The second-order valence-electron chi connectivity index (χ2n) is 4.02. The first kappa shape index (κ1) is 14.2. The predicted octanol–water partition coefficient (Wildman–Crippen LogP) is 2.91. The third kappa shape index (κ3) is 4.13. The van der Waals surface area contributed by atoms with Crippen molar-refractivity contribution < 1.29 is 9.53 Å². The Labute approximate surface area is 111 Å². The average molecular weight is 300 g/mol. The van der Waals surface area contributed by atoms with E-state index >= 15 is 0 Å². The highest BCUT2D eigenvalue weighted by Gasteiger charge is 2.14. The molecule has 0 radical (unpaired) electrons. The van der Waals surface area contributed by atoms with Gasteiger partial charge in [-0.15, -0.1) is 0 Å². The lowest BCUT2D eigenvalue weighted by molar-refractivity contribution is 0.0894. The predicted molar refractivity (Wildman–Crippen MR) is 72.3 cm³/mol. The van der Waals surface area contributed by atoms with Crippen LogP contribution in [0.4, 0.5) is 0 Å². The van der Waals surface area contributed by atoms with Crippen molar-refractivity contribution in [3.63, 3.8) is 0 Å². The number of amides is 1. The van der Waals surface area contributed by atoms with E-state index in [1.165, 1.54) is 0 Å². The van der Waals surface area contributed by atoms with Gasteiger partial charge in [0.05, 0.1) is 18.2 Å². The quantitative estimate of drug-likeness (QED) is 0.908. The van der Waals surface area contributed by atoms with Crippen LogP contribution in [-0.2, 0) is 4.74 Å². The third-order valence-corrected chi connectivity index (χ3v) is 3.22. The van der Waals surface area contributed by atoms with Gasteiger partial charge in [0, 0.05) is 11.6 Å². The smallest absolute Gasteiger partial charge is 0.252 e. The maximum absolute atomic E-state index is 12.0. The number of rotatable bonds is 5. The molecule has 0 saturated carbocycles. The second kappa shape index (κ2) is 6.77. The molecule has 1 N–H and O–H groups in total. The molecule has 1 rings (SSSR count). The third-order valence-electron chi connectivity index (χ3n) is 2.57. The van der Waals surface area contributed by atoms with Gasteiger partial charge < -0.3 is 10.1 Å². The Balaban J connectivity index is 2.75. The lowest BCUT2D eigenvalue weighted by Gasteiger charge is -2.16. The van der Waals surface area contributed by atoms with Crippen molar-refractivity contribution in [1.82, 2.24) is 5.32 Å². The molecule has 0 fully saturated rings. The van der Waals surface area contributed by atoms with Gasteiger partial charge >= 0.3 is 0 Å². The van der Waals surface area contributed by atoms with Crippen molar-refractivity contribution in [3.05, 3.63) is 33.8 Å². The largest absolute Gasteiger partial charge is 0.383 e. The number of benzene rings is 1. The highest BCUT2D eigenvalue weighted by Crippen LogP contribution is 2.18. The summed E-state index contributed by atoms with van der Waals surface area (Å²) in [5, 5.41) is 2.95. The van der Waals surface area contributed by atoms with Crippen LogP contribution in [0.1, 0.15) is 29.3 Å². The lowest BCUT2D eigenvalue weighted by atomic mass is 10.1. The van der Waals surface area contributed by atoms with Gasteiger partial charge in [-0.05, 0) is 47.0 Å². The molecular weight excluding hydrogens is 282 g/mol. The normalized spacial score (nSPS) is 12.2. The number of halogens is 1. The van der Waals surface area contributed by atoms with Gasteiger partial charge in [-0.2, -0.15) is 0 Å². The average Bonchev–Trinajstić information content (AvgIpc) is 2.28. The Morgan fingerprint density at radius 1 is 1.53 bits per heavy atom. The summed E-state index contributed by atoms with van der Waals surface area (Å²) < 4.78 is 5.88. The molecule has 0 saturated heterocycles. The van der Waals surface area contributed by atoms with Gasteiger partial charge in [-0.3, -0.25) is 4.79 Å².